The molecule has 0 rings (SSSR count). The van der Waals surface area contributed by atoms with E-state index in [1.807, 2.05) is 0 Å². The maximum absolute atomic E-state index is 3.67. The van der Waals surface area contributed by atoms with Gasteiger partial charge in [-0.3, -0.25) is 0 Å². The van der Waals surface area contributed by atoms with Crippen LogP contribution in [0.4, 0.5) is 0 Å². The Bertz CT molecular complexity index is 97.2. The van der Waals surface area contributed by atoms with Crippen molar-refractivity contribution < 1.29 is 0 Å². The van der Waals surface area contributed by atoms with Crippen LogP contribution in [-0.4, -0.2) is 12.1 Å². The first kappa shape index (κ1) is 12.0. The van der Waals surface area contributed by atoms with Gasteiger partial charge in [-0.05, 0) is 25.7 Å². The topological polar surface area (TPSA) is 12.0 Å². The number of hydrogen-bond acceptors (Lipinski definition) is 1. The van der Waals surface area contributed by atoms with Crippen LogP contribution in [0, 0.1) is 5.92 Å². The number of hydrogen-bond donors (Lipinski definition) is 1. The summed E-state index contributed by atoms with van der Waals surface area (Å²) in [6.07, 6.45) is 3.77. The number of rotatable bonds is 6. The summed E-state index contributed by atoms with van der Waals surface area (Å²) in [5.74, 6) is 0.797. The van der Waals surface area contributed by atoms with Crippen molar-refractivity contribution in [3.05, 3.63) is 0 Å². The molecule has 0 bridgehead atoms. The van der Waals surface area contributed by atoms with Crippen LogP contribution < -0.4 is 5.32 Å². The first-order valence-electron chi connectivity index (χ1n) is 5.41. The molecule has 2 unspecified atom stereocenters. The van der Waals surface area contributed by atoms with Gasteiger partial charge in [-0.1, -0.05) is 34.1 Å². The Morgan fingerprint density at radius 2 is 1.42 bits per heavy atom. The van der Waals surface area contributed by atoms with Gasteiger partial charge in [-0.25, -0.2) is 0 Å². The van der Waals surface area contributed by atoms with E-state index in [0.29, 0.717) is 12.1 Å². The summed E-state index contributed by atoms with van der Waals surface area (Å²) >= 11 is 0. The molecule has 0 aliphatic carbocycles. The molecule has 0 aromatic heterocycles. The Kier molecular flexibility index (Phi) is 6.45. The van der Waals surface area contributed by atoms with E-state index in [1.165, 1.54) is 19.3 Å². The van der Waals surface area contributed by atoms with Crippen LogP contribution in [0.1, 0.15) is 53.9 Å². The summed E-state index contributed by atoms with van der Waals surface area (Å²) in [4.78, 5) is 0. The van der Waals surface area contributed by atoms with Crippen molar-refractivity contribution in [2.24, 2.45) is 5.92 Å². The molecule has 1 N–H and O–H groups in total. The smallest absolute Gasteiger partial charge is 0.00668 e. The Morgan fingerprint density at radius 1 is 0.917 bits per heavy atom. The quantitative estimate of drug-likeness (QED) is 0.647. The SMILES string of the molecule is CCC(CC)NC(C)C(C)CC. The van der Waals surface area contributed by atoms with Gasteiger partial charge < -0.3 is 5.32 Å². The highest BCUT2D eigenvalue weighted by Gasteiger charge is 2.12. The molecular weight excluding hydrogens is 146 g/mol. The normalized spacial score (nSPS) is 16.5. The molecule has 0 aliphatic rings. The van der Waals surface area contributed by atoms with E-state index >= 15 is 0 Å². The molecule has 0 aromatic carbocycles. The van der Waals surface area contributed by atoms with Gasteiger partial charge in [0.15, 0.2) is 0 Å². The monoisotopic (exact) mass is 171 g/mol. The lowest BCUT2D eigenvalue weighted by molar-refractivity contribution is 0.337. The van der Waals surface area contributed by atoms with E-state index in [0.717, 1.165) is 5.92 Å². The fourth-order valence-electron chi connectivity index (χ4n) is 1.41. The van der Waals surface area contributed by atoms with Crippen molar-refractivity contribution in [3.63, 3.8) is 0 Å². The fourth-order valence-corrected chi connectivity index (χ4v) is 1.41. The summed E-state index contributed by atoms with van der Waals surface area (Å²) in [5, 5.41) is 3.67. The highest BCUT2D eigenvalue weighted by atomic mass is 14.9. The molecule has 0 amide bonds. The predicted octanol–water partition coefficient (Wildman–Crippen LogP) is 3.20. The first-order valence-corrected chi connectivity index (χ1v) is 5.41. The highest BCUT2D eigenvalue weighted by Crippen LogP contribution is 2.09. The van der Waals surface area contributed by atoms with Crippen molar-refractivity contribution in [1.82, 2.24) is 5.32 Å². The second kappa shape index (κ2) is 6.47. The molecule has 0 saturated carbocycles. The van der Waals surface area contributed by atoms with Gasteiger partial charge in [0.25, 0.3) is 0 Å². The van der Waals surface area contributed by atoms with E-state index in [9.17, 15) is 0 Å². The van der Waals surface area contributed by atoms with Gasteiger partial charge in [0.05, 0.1) is 0 Å². The second-order valence-electron chi connectivity index (χ2n) is 3.85. The third-order valence-corrected chi connectivity index (χ3v) is 2.98. The molecule has 0 saturated heterocycles. The molecule has 0 radical (unpaired) electrons. The molecule has 1 nitrogen and oxygen atoms in total. The van der Waals surface area contributed by atoms with Crippen LogP contribution in [0.5, 0.6) is 0 Å². The van der Waals surface area contributed by atoms with Crippen molar-refractivity contribution in [2.75, 3.05) is 0 Å². The van der Waals surface area contributed by atoms with Crippen LogP contribution >= 0.6 is 0 Å². The Morgan fingerprint density at radius 3 is 1.75 bits per heavy atom. The molecule has 0 aromatic rings. The number of nitrogens with one attached hydrogen (secondary N) is 1. The molecule has 0 heterocycles. The summed E-state index contributed by atoms with van der Waals surface area (Å²) in [7, 11) is 0. The van der Waals surface area contributed by atoms with Gasteiger partial charge in [-0.15, -0.1) is 0 Å². The summed E-state index contributed by atoms with van der Waals surface area (Å²) in [6.45, 7) is 11.4. The minimum Gasteiger partial charge on any atom is -0.311 e. The van der Waals surface area contributed by atoms with Gasteiger partial charge in [0.1, 0.15) is 0 Å². The molecule has 0 aliphatic heterocycles. The van der Waals surface area contributed by atoms with Gasteiger partial charge in [-0.2, -0.15) is 0 Å². The highest BCUT2D eigenvalue weighted by molar-refractivity contribution is 4.72. The lowest BCUT2D eigenvalue weighted by Gasteiger charge is -2.25. The largest absolute Gasteiger partial charge is 0.311 e. The average Bonchev–Trinajstić information content (AvgIpc) is 2.12. The third-order valence-electron chi connectivity index (χ3n) is 2.98. The lowest BCUT2D eigenvalue weighted by atomic mass is 9.99. The zero-order valence-electron chi connectivity index (χ0n) is 9.35. The maximum atomic E-state index is 3.67. The van der Waals surface area contributed by atoms with Crippen molar-refractivity contribution >= 4 is 0 Å². The van der Waals surface area contributed by atoms with E-state index in [1.54, 1.807) is 0 Å². The minimum absolute atomic E-state index is 0.667. The second-order valence-corrected chi connectivity index (χ2v) is 3.85. The van der Waals surface area contributed by atoms with Gasteiger partial charge in [0.2, 0.25) is 0 Å². The molecule has 0 fully saturated rings. The molecule has 74 valence electrons. The lowest BCUT2D eigenvalue weighted by Crippen LogP contribution is -2.39. The zero-order chi connectivity index (χ0) is 9.56. The summed E-state index contributed by atoms with van der Waals surface area (Å²) in [5.41, 5.74) is 0. The zero-order valence-corrected chi connectivity index (χ0v) is 9.35. The maximum Gasteiger partial charge on any atom is 0.00668 e. The fraction of sp³-hybridized carbons (Fsp3) is 1.00. The minimum atomic E-state index is 0.667. The Hall–Kier alpha value is -0.0400. The predicted molar refractivity (Wildman–Crippen MR) is 56.4 cm³/mol. The van der Waals surface area contributed by atoms with E-state index in [4.69, 9.17) is 0 Å². The van der Waals surface area contributed by atoms with Crippen molar-refractivity contribution in [2.45, 2.75) is 66.0 Å². The average molecular weight is 171 g/mol. The van der Waals surface area contributed by atoms with E-state index in [-0.39, 0.29) is 0 Å². The molecule has 12 heavy (non-hydrogen) atoms. The Labute approximate surface area is 77.9 Å². The van der Waals surface area contributed by atoms with Crippen LogP contribution in [0.25, 0.3) is 0 Å². The van der Waals surface area contributed by atoms with Crippen LogP contribution in [-0.2, 0) is 0 Å². The van der Waals surface area contributed by atoms with Gasteiger partial charge in [0, 0.05) is 12.1 Å². The van der Waals surface area contributed by atoms with Crippen molar-refractivity contribution in [3.8, 4) is 0 Å². The molecular formula is C11H25N. The molecule has 0 spiro atoms. The first-order chi connectivity index (χ1) is 5.65. The standard InChI is InChI=1S/C11H25N/c1-6-9(4)10(5)12-11(7-2)8-3/h9-12H,6-8H2,1-5H3. The van der Waals surface area contributed by atoms with E-state index < -0.39 is 0 Å². The molecule has 2 atom stereocenters. The van der Waals surface area contributed by atoms with Crippen LogP contribution in [0.3, 0.4) is 0 Å². The molecule has 1 heteroatoms. The van der Waals surface area contributed by atoms with Crippen molar-refractivity contribution in [1.29, 1.82) is 0 Å². The third kappa shape index (κ3) is 4.10. The Balaban J connectivity index is 3.72. The van der Waals surface area contributed by atoms with Gasteiger partial charge >= 0.3 is 0 Å². The van der Waals surface area contributed by atoms with E-state index in [2.05, 4.69) is 39.9 Å². The van der Waals surface area contributed by atoms with Crippen LogP contribution in [0.15, 0.2) is 0 Å². The summed E-state index contributed by atoms with van der Waals surface area (Å²) in [6, 6.07) is 1.38. The van der Waals surface area contributed by atoms with Crippen LogP contribution in [0.2, 0.25) is 0 Å². The summed E-state index contributed by atoms with van der Waals surface area (Å²) < 4.78 is 0.